The second-order valence-corrected chi connectivity index (χ2v) is 4.00. The third kappa shape index (κ3) is 3.42. The van der Waals surface area contributed by atoms with Gasteiger partial charge in [0.15, 0.2) is 0 Å². The first kappa shape index (κ1) is 15.4. The number of alkyl halides is 2. The van der Waals surface area contributed by atoms with Crippen LogP contribution >= 0.6 is 0 Å². The largest absolute Gasteiger partial charge is 0.381 e. The molecule has 0 unspecified atom stereocenters. The molecular formula is C12H12F2N3Y-. The molecule has 2 rings (SSSR count). The molecule has 93 valence electrons. The Kier molecular flexibility index (Phi) is 5.54. The molecule has 1 radical (unpaired) electrons. The molecule has 0 aliphatic rings. The molecule has 3 nitrogen and oxygen atoms in total. The van der Waals surface area contributed by atoms with Crippen LogP contribution in [0.25, 0.3) is 11.4 Å². The molecular weight excluding hydrogens is 313 g/mol. The van der Waals surface area contributed by atoms with Crippen molar-refractivity contribution in [1.29, 1.82) is 0 Å². The van der Waals surface area contributed by atoms with Crippen LogP contribution in [-0.4, -0.2) is 14.8 Å². The van der Waals surface area contributed by atoms with Crippen LogP contribution in [-0.2, 0) is 32.7 Å². The molecule has 2 heterocycles. The zero-order valence-electron chi connectivity index (χ0n) is 10.1. The van der Waals surface area contributed by atoms with Crippen molar-refractivity contribution in [3.8, 4) is 11.4 Å². The Morgan fingerprint density at radius 1 is 1.28 bits per heavy atom. The second kappa shape index (κ2) is 6.48. The fourth-order valence-corrected chi connectivity index (χ4v) is 1.40. The summed E-state index contributed by atoms with van der Waals surface area (Å²) in [5.74, 6) is 0.343. The van der Waals surface area contributed by atoms with Gasteiger partial charge in [-0.3, -0.25) is 0 Å². The summed E-state index contributed by atoms with van der Waals surface area (Å²) in [4.78, 5) is 4.19. The van der Waals surface area contributed by atoms with Gasteiger partial charge in [0.05, 0.1) is 5.69 Å². The van der Waals surface area contributed by atoms with E-state index in [0.29, 0.717) is 22.0 Å². The molecule has 6 heteroatoms. The van der Waals surface area contributed by atoms with E-state index in [1.807, 2.05) is 13.8 Å². The zero-order valence-corrected chi connectivity index (χ0v) is 13.0. The van der Waals surface area contributed by atoms with Gasteiger partial charge in [0, 0.05) is 38.9 Å². The second-order valence-electron chi connectivity index (χ2n) is 4.00. The Morgan fingerprint density at radius 2 is 2.00 bits per heavy atom. The van der Waals surface area contributed by atoms with Crippen LogP contribution in [0.4, 0.5) is 8.78 Å². The van der Waals surface area contributed by atoms with Gasteiger partial charge < -0.3 is 4.98 Å². The van der Waals surface area contributed by atoms with Crippen molar-refractivity contribution < 1.29 is 41.5 Å². The minimum absolute atomic E-state index is 0. The van der Waals surface area contributed by atoms with Gasteiger partial charge in [-0.05, 0) is 17.7 Å². The Morgan fingerprint density at radius 3 is 2.44 bits per heavy atom. The first-order chi connectivity index (χ1) is 8.08. The van der Waals surface area contributed by atoms with E-state index < -0.39 is 6.55 Å². The number of pyridine rings is 1. The van der Waals surface area contributed by atoms with Gasteiger partial charge in [-0.1, -0.05) is 20.0 Å². The van der Waals surface area contributed by atoms with Crippen LogP contribution in [0.2, 0.25) is 0 Å². The first-order valence-corrected chi connectivity index (χ1v) is 5.29. The van der Waals surface area contributed by atoms with Gasteiger partial charge in [-0.2, -0.15) is 19.9 Å². The van der Waals surface area contributed by atoms with Gasteiger partial charge in [0.1, 0.15) is 0 Å². The minimum atomic E-state index is -2.62. The molecule has 0 saturated heterocycles. The van der Waals surface area contributed by atoms with Crippen LogP contribution in [0.5, 0.6) is 0 Å². The maximum Gasteiger partial charge on any atom is 0.333 e. The summed E-state index contributed by atoms with van der Waals surface area (Å²) in [6.07, 6.45) is 2.93. The van der Waals surface area contributed by atoms with E-state index in [4.69, 9.17) is 0 Å². The van der Waals surface area contributed by atoms with Crippen molar-refractivity contribution >= 4 is 0 Å². The zero-order chi connectivity index (χ0) is 12.4. The van der Waals surface area contributed by atoms with E-state index in [1.165, 1.54) is 12.3 Å². The third-order valence-electron chi connectivity index (χ3n) is 2.41. The van der Waals surface area contributed by atoms with Gasteiger partial charge in [-0.25, -0.2) is 4.68 Å². The standard InChI is InChI=1S/C12H12F2N3.Y/c1-8(2)9-3-4-10(15-7-9)11-5-6-17(16-11)12(13)14;/h4-8,12H,1-2H3;/q-1;. The van der Waals surface area contributed by atoms with E-state index in [-0.39, 0.29) is 32.7 Å². The number of nitrogens with zero attached hydrogens (tertiary/aromatic N) is 3. The van der Waals surface area contributed by atoms with Crippen LogP contribution in [0.3, 0.4) is 0 Å². The van der Waals surface area contributed by atoms with Crippen molar-refractivity contribution in [1.82, 2.24) is 14.8 Å². The Bertz CT molecular complexity index is 494. The SMILES string of the molecule is CC(C)c1[c-]cc(-c2ccn(C(F)F)n2)nc1.[Y]. The van der Waals surface area contributed by atoms with Gasteiger partial charge in [-0.15, -0.1) is 11.6 Å². The maximum atomic E-state index is 12.3. The van der Waals surface area contributed by atoms with Crippen LogP contribution < -0.4 is 0 Å². The normalized spacial score (nSPS) is 10.8. The third-order valence-corrected chi connectivity index (χ3v) is 2.41. The van der Waals surface area contributed by atoms with Crippen LogP contribution in [0.1, 0.15) is 31.9 Å². The van der Waals surface area contributed by atoms with Crippen molar-refractivity contribution in [2.75, 3.05) is 0 Å². The topological polar surface area (TPSA) is 30.7 Å². The van der Waals surface area contributed by atoms with Gasteiger partial charge in [0.2, 0.25) is 0 Å². The fourth-order valence-electron chi connectivity index (χ4n) is 1.40. The van der Waals surface area contributed by atoms with Crippen molar-refractivity contribution in [2.45, 2.75) is 26.3 Å². The fraction of sp³-hybridized carbons (Fsp3) is 0.333. The maximum absolute atomic E-state index is 12.3. The van der Waals surface area contributed by atoms with Gasteiger partial charge in [0.25, 0.3) is 0 Å². The summed E-state index contributed by atoms with van der Waals surface area (Å²) in [5, 5.41) is 3.74. The predicted molar refractivity (Wildman–Crippen MR) is 59.6 cm³/mol. The molecule has 0 saturated carbocycles. The monoisotopic (exact) mass is 325 g/mol. The van der Waals surface area contributed by atoms with Crippen molar-refractivity contribution in [3.05, 3.63) is 36.2 Å². The summed E-state index contributed by atoms with van der Waals surface area (Å²) in [6, 6.07) is 6.26. The van der Waals surface area contributed by atoms with E-state index in [2.05, 4.69) is 16.1 Å². The minimum Gasteiger partial charge on any atom is -0.381 e. The summed E-state index contributed by atoms with van der Waals surface area (Å²) in [5.41, 5.74) is 1.97. The molecule has 0 amide bonds. The average Bonchev–Trinajstić information content (AvgIpc) is 2.78. The van der Waals surface area contributed by atoms with Gasteiger partial charge >= 0.3 is 6.55 Å². The molecule has 0 fully saturated rings. The van der Waals surface area contributed by atoms with E-state index in [1.54, 1.807) is 12.3 Å². The molecule has 0 bridgehead atoms. The van der Waals surface area contributed by atoms with Crippen molar-refractivity contribution in [3.63, 3.8) is 0 Å². The van der Waals surface area contributed by atoms with Crippen LogP contribution in [0, 0.1) is 6.07 Å². The summed E-state index contributed by atoms with van der Waals surface area (Å²) < 4.78 is 25.3. The average molecular weight is 325 g/mol. The predicted octanol–water partition coefficient (Wildman–Crippen LogP) is 3.26. The number of aromatic nitrogens is 3. The molecule has 0 spiro atoms. The number of hydrogen-bond acceptors (Lipinski definition) is 2. The molecule has 18 heavy (non-hydrogen) atoms. The number of hydrogen-bond donors (Lipinski definition) is 0. The summed E-state index contributed by atoms with van der Waals surface area (Å²) >= 11 is 0. The number of halogens is 2. The Balaban J connectivity index is 0.00000162. The van der Waals surface area contributed by atoms with E-state index >= 15 is 0 Å². The molecule has 2 aromatic heterocycles. The molecule has 0 N–H and O–H groups in total. The Labute approximate surface area is 129 Å². The smallest absolute Gasteiger partial charge is 0.333 e. The molecule has 0 aromatic carbocycles. The molecule has 0 atom stereocenters. The quantitative estimate of drug-likeness (QED) is 0.811. The van der Waals surface area contributed by atoms with E-state index in [9.17, 15) is 8.78 Å². The van der Waals surface area contributed by atoms with Crippen LogP contribution in [0.15, 0.2) is 24.5 Å². The van der Waals surface area contributed by atoms with E-state index in [0.717, 1.165) is 5.56 Å². The number of rotatable bonds is 3. The molecule has 0 aliphatic heterocycles. The molecule has 2 aromatic rings. The summed E-state index contributed by atoms with van der Waals surface area (Å²) in [6.45, 7) is 1.46. The van der Waals surface area contributed by atoms with Crippen molar-refractivity contribution in [2.24, 2.45) is 0 Å². The molecule has 0 aliphatic carbocycles. The summed E-state index contributed by atoms with van der Waals surface area (Å²) in [7, 11) is 0. The first-order valence-electron chi connectivity index (χ1n) is 5.29. The Hall–Kier alpha value is -0.676.